The summed E-state index contributed by atoms with van der Waals surface area (Å²) >= 11 is 0. The Kier molecular flexibility index (Phi) is 3.70. The molecule has 0 saturated heterocycles. The van der Waals surface area contributed by atoms with E-state index in [0.717, 1.165) is 12.3 Å². The van der Waals surface area contributed by atoms with Crippen LogP contribution in [0.1, 0.15) is 15.9 Å². The highest BCUT2D eigenvalue weighted by Gasteiger charge is 2.11. The van der Waals surface area contributed by atoms with Crippen LogP contribution in [0.4, 0.5) is 14.6 Å². The molecule has 0 aliphatic rings. The van der Waals surface area contributed by atoms with E-state index in [1.54, 1.807) is 6.07 Å². The zero-order chi connectivity index (χ0) is 13.8. The molecule has 0 radical (unpaired) electrons. The Balaban J connectivity index is 2.07. The summed E-state index contributed by atoms with van der Waals surface area (Å²) in [5, 5.41) is 2.52. The van der Waals surface area contributed by atoms with Gasteiger partial charge < -0.3 is 11.1 Å². The van der Waals surface area contributed by atoms with E-state index in [1.165, 1.54) is 18.2 Å². The molecule has 19 heavy (non-hydrogen) atoms. The molecular weight excluding hydrogens is 252 g/mol. The quantitative estimate of drug-likeness (QED) is 0.888. The first kappa shape index (κ1) is 12.9. The fourth-order valence-corrected chi connectivity index (χ4v) is 1.56. The van der Waals surface area contributed by atoms with Gasteiger partial charge in [-0.3, -0.25) is 4.79 Å². The van der Waals surface area contributed by atoms with Gasteiger partial charge >= 0.3 is 0 Å². The minimum atomic E-state index is -0.648. The minimum absolute atomic E-state index is 0.0450. The second kappa shape index (κ2) is 5.43. The van der Waals surface area contributed by atoms with Crippen molar-refractivity contribution in [1.29, 1.82) is 0 Å². The van der Waals surface area contributed by atoms with E-state index < -0.39 is 17.5 Å². The molecule has 1 aromatic carbocycles. The molecule has 2 rings (SSSR count). The van der Waals surface area contributed by atoms with Crippen LogP contribution in [0.25, 0.3) is 0 Å². The number of nitrogen functional groups attached to an aromatic ring is 1. The summed E-state index contributed by atoms with van der Waals surface area (Å²) in [6.45, 7) is 0.118. The van der Waals surface area contributed by atoms with E-state index >= 15 is 0 Å². The number of nitrogens with zero attached hydrogens (tertiary/aromatic N) is 1. The first-order valence-electron chi connectivity index (χ1n) is 5.50. The van der Waals surface area contributed by atoms with Gasteiger partial charge in [-0.1, -0.05) is 12.1 Å². The van der Waals surface area contributed by atoms with Crippen LogP contribution < -0.4 is 11.1 Å². The molecule has 0 saturated carbocycles. The van der Waals surface area contributed by atoms with Gasteiger partial charge in [-0.2, -0.15) is 0 Å². The number of rotatable bonds is 3. The van der Waals surface area contributed by atoms with E-state index in [4.69, 9.17) is 5.73 Å². The highest BCUT2D eigenvalue weighted by atomic mass is 19.1. The van der Waals surface area contributed by atoms with Gasteiger partial charge in [0.2, 0.25) is 0 Å². The van der Waals surface area contributed by atoms with Gasteiger partial charge in [-0.05, 0) is 23.8 Å². The van der Waals surface area contributed by atoms with Crippen LogP contribution in [0.3, 0.4) is 0 Å². The molecule has 0 bridgehead atoms. The summed E-state index contributed by atoms with van der Waals surface area (Å²) in [7, 11) is 0. The lowest BCUT2D eigenvalue weighted by molar-refractivity contribution is 0.0951. The van der Waals surface area contributed by atoms with Crippen molar-refractivity contribution >= 4 is 11.7 Å². The van der Waals surface area contributed by atoms with Gasteiger partial charge in [-0.15, -0.1) is 0 Å². The number of amides is 1. The highest BCUT2D eigenvalue weighted by Crippen LogP contribution is 2.10. The van der Waals surface area contributed by atoms with Crippen molar-refractivity contribution in [3.8, 4) is 0 Å². The summed E-state index contributed by atoms with van der Waals surface area (Å²) in [6.07, 6.45) is 0.929. The maximum atomic E-state index is 13.0. The Hall–Kier alpha value is -2.50. The van der Waals surface area contributed by atoms with E-state index in [0.29, 0.717) is 5.56 Å². The molecule has 2 aromatic rings. The number of anilines is 1. The molecule has 0 spiro atoms. The molecule has 0 unspecified atom stereocenters. The molecule has 6 heteroatoms. The lowest BCUT2D eigenvalue weighted by atomic mass is 10.2. The van der Waals surface area contributed by atoms with Gasteiger partial charge in [0.1, 0.15) is 17.5 Å². The number of pyridine rings is 1. The topological polar surface area (TPSA) is 68.0 Å². The molecule has 98 valence electrons. The van der Waals surface area contributed by atoms with E-state index in [2.05, 4.69) is 10.3 Å². The largest absolute Gasteiger partial charge is 0.383 e. The SMILES string of the molecule is Nc1ncc(F)cc1C(=O)NCc1cccc(F)c1. The first-order valence-corrected chi connectivity index (χ1v) is 5.50. The van der Waals surface area contributed by atoms with Crippen LogP contribution in [-0.4, -0.2) is 10.9 Å². The maximum Gasteiger partial charge on any atom is 0.255 e. The number of carbonyl (C=O) groups excluding carboxylic acids is 1. The van der Waals surface area contributed by atoms with Crippen LogP contribution in [0.5, 0.6) is 0 Å². The average molecular weight is 263 g/mol. The molecule has 1 aromatic heterocycles. The van der Waals surface area contributed by atoms with E-state index in [1.807, 2.05) is 0 Å². The summed E-state index contributed by atoms with van der Waals surface area (Å²) in [5.74, 6) is -1.66. The van der Waals surface area contributed by atoms with Crippen molar-refractivity contribution in [1.82, 2.24) is 10.3 Å². The molecule has 1 amide bonds. The minimum Gasteiger partial charge on any atom is -0.383 e. The third-order valence-corrected chi connectivity index (χ3v) is 2.47. The summed E-state index contributed by atoms with van der Waals surface area (Å²) in [6, 6.07) is 6.81. The average Bonchev–Trinajstić information content (AvgIpc) is 2.39. The van der Waals surface area contributed by atoms with Gasteiger partial charge in [0.15, 0.2) is 0 Å². The Labute approximate surface area is 108 Å². The van der Waals surface area contributed by atoms with Crippen LogP contribution in [-0.2, 0) is 6.54 Å². The highest BCUT2D eigenvalue weighted by molar-refractivity contribution is 5.98. The lowest BCUT2D eigenvalue weighted by Gasteiger charge is -2.07. The lowest BCUT2D eigenvalue weighted by Crippen LogP contribution is -2.24. The second-order valence-electron chi connectivity index (χ2n) is 3.90. The van der Waals surface area contributed by atoms with Crippen molar-refractivity contribution < 1.29 is 13.6 Å². The zero-order valence-corrected chi connectivity index (χ0v) is 9.86. The third-order valence-electron chi connectivity index (χ3n) is 2.47. The number of aromatic nitrogens is 1. The monoisotopic (exact) mass is 263 g/mol. The predicted molar refractivity (Wildman–Crippen MR) is 66.2 cm³/mol. The molecule has 0 aliphatic heterocycles. The normalized spacial score (nSPS) is 10.2. The van der Waals surface area contributed by atoms with Gasteiger partial charge in [0, 0.05) is 6.54 Å². The number of halogens is 2. The molecule has 0 fully saturated rings. The smallest absolute Gasteiger partial charge is 0.255 e. The third kappa shape index (κ3) is 3.25. The fourth-order valence-electron chi connectivity index (χ4n) is 1.56. The van der Waals surface area contributed by atoms with E-state index in [-0.39, 0.29) is 17.9 Å². The predicted octanol–water partition coefficient (Wildman–Crippen LogP) is 1.87. The van der Waals surface area contributed by atoms with Crippen LogP contribution >= 0.6 is 0 Å². The number of benzene rings is 1. The van der Waals surface area contributed by atoms with Crippen LogP contribution in [0.2, 0.25) is 0 Å². The fraction of sp³-hybridized carbons (Fsp3) is 0.0769. The first-order chi connectivity index (χ1) is 9.06. The second-order valence-corrected chi connectivity index (χ2v) is 3.90. The van der Waals surface area contributed by atoms with Crippen molar-refractivity contribution in [3.05, 3.63) is 59.3 Å². The molecule has 1 heterocycles. The molecule has 0 atom stereocenters. The number of hydrogen-bond acceptors (Lipinski definition) is 3. The molecule has 0 aliphatic carbocycles. The van der Waals surface area contributed by atoms with Gasteiger partial charge in [-0.25, -0.2) is 13.8 Å². The molecule has 3 N–H and O–H groups in total. The number of hydrogen-bond donors (Lipinski definition) is 2. The number of nitrogens with two attached hydrogens (primary N) is 1. The van der Waals surface area contributed by atoms with Crippen molar-refractivity contribution in [2.45, 2.75) is 6.54 Å². The van der Waals surface area contributed by atoms with Gasteiger partial charge in [0.25, 0.3) is 5.91 Å². The number of nitrogens with one attached hydrogen (secondary N) is 1. The van der Waals surface area contributed by atoms with Gasteiger partial charge in [0.05, 0.1) is 11.8 Å². The molecule has 4 nitrogen and oxygen atoms in total. The number of carbonyl (C=O) groups is 1. The van der Waals surface area contributed by atoms with E-state index in [9.17, 15) is 13.6 Å². The van der Waals surface area contributed by atoms with Crippen molar-refractivity contribution in [2.75, 3.05) is 5.73 Å². The summed E-state index contributed by atoms with van der Waals surface area (Å²) in [4.78, 5) is 15.3. The molecular formula is C13H11F2N3O. The Morgan fingerprint density at radius 2 is 2.05 bits per heavy atom. The Bertz CT molecular complexity index is 617. The summed E-state index contributed by atoms with van der Waals surface area (Å²) in [5.41, 5.74) is 6.03. The van der Waals surface area contributed by atoms with Crippen LogP contribution in [0, 0.1) is 11.6 Å². The Morgan fingerprint density at radius 1 is 1.26 bits per heavy atom. The Morgan fingerprint density at radius 3 is 2.79 bits per heavy atom. The van der Waals surface area contributed by atoms with Crippen molar-refractivity contribution in [2.24, 2.45) is 0 Å². The van der Waals surface area contributed by atoms with Crippen molar-refractivity contribution in [3.63, 3.8) is 0 Å². The zero-order valence-electron chi connectivity index (χ0n) is 9.86. The summed E-state index contributed by atoms with van der Waals surface area (Å²) < 4.78 is 25.9. The maximum absolute atomic E-state index is 13.0. The standard InChI is InChI=1S/C13H11F2N3O/c14-9-3-1-2-8(4-9)6-18-13(19)11-5-10(15)7-17-12(11)16/h1-5,7H,6H2,(H2,16,17)(H,18,19). The van der Waals surface area contributed by atoms with Crippen LogP contribution in [0.15, 0.2) is 36.5 Å².